The van der Waals surface area contributed by atoms with E-state index in [1.165, 1.54) is 0 Å². The molecule has 0 radical (unpaired) electrons. The first kappa shape index (κ1) is 14.4. The lowest BCUT2D eigenvalue weighted by atomic mass is 10.2. The average molecular weight is 279 g/mol. The van der Waals surface area contributed by atoms with Gasteiger partial charge in [-0.25, -0.2) is 0 Å². The monoisotopic (exact) mass is 279 g/mol. The zero-order chi connectivity index (χ0) is 14.9. The molecule has 1 aliphatic rings. The molecule has 110 valence electrons. The molecule has 0 bridgehead atoms. The lowest BCUT2D eigenvalue weighted by Crippen LogP contribution is -2.47. The molecular weight excluding hydrogens is 258 g/mol. The molecule has 5 N–H and O–H groups in total. The summed E-state index contributed by atoms with van der Waals surface area (Å²) in [6.45, 7) is 5.35. The smallest absolute Gasteiger partial charge is 0.274 e. The van der Waals surface area contributed by atoms with Crippen LogP contribution in [0.4, 0.5) is 5.69 Å². The molecule has 1 saturated carbocycles. The van der Waals surface area contributed by atoms with Gasteiger partial charge in [0.2, 0.25) is 5.91 Å². The van der Waals surface area contributed by atoms with Crippen LogP contribution in [0.2, 0.25) is 0 Å². The number of rotatable bonds is 5. The maximum absolute atomic E-state index is 12.1. The van der Waals surface area contributed by atoms with Gasteiger partial charge in [0.1, 0.15) is 6.04 Å². The Morgan fingerprint density at radius 1 is 1.30 bits per heavy atom. The molecule has 0 aromatic carbocycles. The summed E-state index contributed by atoms with van der Waals surface area (Å²) in [6, 6.07) is -0.607. The summed E-state index contributed by atoms with van der Waals surface area (Å²) in [5, 5.41) is 12.1. The summed E-state index contributed by atoms with van der Waals surface area (Å²) in [5.41, 5.74) is 7.30. The van der Waals surface area contributed by atoms with Gasteiger partial charge in [-0.1, -0.05) is 0 Å². The second-order valence-electron chi connectivity index (χ2n) is 5.53. The summed E-state index contributed by atoms with van der Waals surface area (Å²) in [5.74, 6) is -0.271. The van der Waals surface area contributed by atoms with Crippen molar-refractivity contribution in [3.8, 4) is 0 Å². The highest BCUT2D eigenvalue weighted by Gasteiger charge is 2.30. The number of carbonyl (C=O) groups excluding carboxylic acids is 2. The molecule has 2 rings (SSSR count). The van der Waals surface area contributed by atoms with Crippen molar-refractivity contribution in [2.75, 3.05) is 5.73 Å². The molecular formula is C13H21N5O2. The minimum absolute atomic E-state index is 0.0266. The van der Waals surface area contributed by atoms with Crippen LogP contribution in [0, 0.1) is 0 Å². The number of hydrogen-bond donors (Lipinski definition) is 4. The van der Waals surface area contributed by atoms with Gasteiger partial charge in [-0.05, 0) is 33.6 Å². The molecule has 1 heterocycles. The molecule has 2 amide bonds. The van der Waals surface area contributed by atoms with Crippen molar-refractivity contribution in [2.45, 2.75) is 51.6 Å². The third-order valence-electron chi connectivity index (χ3n) is 3.21. The van der Waals surface area contributed by atoms with Crippen molar-refractivity contribution in [1.29, 1.82) is 0 Å². The number of nitrogen functional groups attached to an aromatic ring is 1. The van der Waals surface area contributed by atoms with Gasteiger partial charge in [0, 0.05) is 12.0 Å². The van der Waals surface area contributed by atoms with Crippen LogP contribution in [-0.2, 0) is 4.79 Å². The predicted octanol–water partition coefficient (Wildman–Crippen LogP) is 0.512. The maximum Gasteiger partial charge on any atom is 0.274 e. The number of aromatic amines is 1. The molecule has 20 heavy (non-hydrogen) atoms. The van der Waals surface area contributed by atoms with Crippen molar-refractivity contribution in [1.82, 2.24) is 20.8 Å². The molecule has 1 aromatic rings. The minimum Gasteiger partial charge on any atom is -0.395 e. The second-order valence-corrected chi connectivity index (χ2v) is 5.53. The molecule has 7 heteroatoms. The molecule has 1 atom stereocenters. The Hall–Kier alpha value is -2.05. The SMILES string of the molecule is CC(C)NC(=O)C(C)NC(=O)c1n[nH]c(C2CC2)c1N. The fourth-order valence-electron chi connectivity index (χ4n) is 1.96. The Bertz CT molecular complexity index is 519. The van der Waals surface area contributed by atoms with Gasteiger partial charge in [0.05, 0.1) is 11.4 Å². The predicted molar refractivity (Wildman–Crippen MR) is 75.2 cm³/mol. The van der Waals surface area contributed by atoms with Gasteiger partial charge >= 0.3 is 0 Å². The molecule has 0 spiro atoms. The largest absolute Gasteiger partial charge is 0.395 e. The molecule has 1 aromatic heterocycles. The number of nitrogens with zero attached hydrogens (tertiary/aromatic N) is 1. The zero-order valence-corrected chi connectivity index (χ0v) is 12.0. The van der Waals surface area contributed by atoms with Crippen LogP contribution in [0.3, 0.4) is 0 Å². The van der Waals surface area contributed by atoms with E-state index in [9.17, 15) is 9.59 Å². The Labute approximate surface area is 117 Å². The first-order valence-corrected chi connectivity index (χ1v) is 6.85. The van der Waals surface area contributed by atoms with E-state index in [2.05, 4.69) is 20.8 Å². The number of carbonyl (C=O) groups is 2. The van der Waals surface area contributed by atoms with E-state index in [4.69, 9.17) is 5.73 Å². The average Bonchev–Trinajstić information content (AvgIpc) is 3.11. The number of anilines is 1. The third kappa shape index (κ3) is 3.09. The van der Waals surface area contributed by atoms with Gasteiger partial charge in [-0.3, -0.25) is 14.7 Å². The van der Waals surface area contributed by atoms with E-state index in [0.717, 1.165) is 18.5 Å². The van der Waals surface area contributed by atoms with E-state index < -0.39 is 11.9 Å². The molecule has 1 unspecified atom stereocenters. The number of amides is 2. The standard InChI is InChI=1S/C13H21N5O2/c1-6(2)15-12(19)7(3)16-13(20)11-9(14)10(17-18-11)8-4-5-8/h6-8H,4-5,14H2,1-3H3,(H,15,19)(H,16,20)(H,17,18). The molecule has 0 aliphatic heterocycles. The van der Waals surface area contributed by atoms with Crippen LogP contribution in [0.15, 0.2) is 0 Å². The van der Waals surface area contributed by atoms with Crippen molar-refractivity contribution >= 4 is 17.5 Å². The van der Waals surface area contributed by atoms with Crippen molar-refractivity contribution in [2.24, 2.45) is 0 Å². The Kier molecular flexibility index (Phi) is 3.96. The van der Waals surface area contributed by atoms with Crippen molar-refractivity contribution in [3.63, 3.8) is 0 Å². The highest BCUT2D eigenvalue weighted by molar-refractivity contribution is 6.00. The fourth-order valence-corrected chi connectivity index (χ4v) is 1.96. The lowest BCUT2D eigenvalue weighted by molar-refractivity contribution is -0.123. The van der Waals surface area contributed by atoms with E-state index in [0.29, 0.717) is 11.6 Å². The molecule has 1 aliphatic carbocycles. The molecule has 0 saturated heterocycles. The topological polar surface area (TPSA) is 113 Å². The van der Waals surface area contributed by atoms with E-state index in [1.54, 1.807) is 6.92 Å². The van der Waals surface area contributed by atoms with Crippen LogP contribution in [0.5, 0.6) is 0 Å². The number of nitrogens with one attached hydrogen (secondary N) is 3. The van der Waals surface area contributed by atoms with Crippen LogP contribution >= 0.6 is 0 Å². The summed E-state index contributed by atoms with van der Waals surface area (Å²) in [6.07, 6.45) is 2.14. The summed E-state index contributed by atoms with van der Waals surface area (Å²) >= 11 is 0. The van der Waals surface area contributed by atoms with Crippen molar-refractivity contribution < 1.29 is 9.59 Å². The number of nitrogens with two attached hydrogens (primary N) is 1. The fraction of sp³-hybridized carbons (Fsp3) is 0.615. The molecule has 1 fully saturated rings. The summed E-state index contributed by atoms with van der Waals surface area (Å²) in [4.78, 5) is 23.8. The highest BCUT2D eigenvalue weighted by Crippen LogP contribution is 2.42. The summed E-state index contributed by atoms with van der Waals surface area (Å²) < 4.78 is 0. The number of hydrogen-bond acceptors (Lipinski definition) is 4. The lowest BCUT2D eigenvalue weighted by Gasteiger charge is -2.15. The quantitative estimate of drug-likeness (QED) is 0.629. The van der Waals surface area contributed by atoms with E-state index in [-0.39, 0.29) is 17.6 Å². The van der Waals surface area contributed by atoms with Crippen LogP contribution in [0.1, 0.15) is 55.7 Å². The highest BCUT2D eigenvalue weighted by atomic mass is 16.2. The Morgan fingerprint density at radius 2 is 1.95 bits per heavy atom. The Morgan fingerprint density at radius 3 is 2.50 bits per heavy atom. The van der Waals surface area contributed by atoms with Gasteiger partial charge in [0.15, 0.2) is 5.69 Å². The Balaban J connectivity index is 1.99. The first-order chi connectivity index (χ1) is 9.40. The van der Waals surface area contributed by atoms with Crippen LogP contribution < -0.4 is 16.4 Å². The third-order valence-corrected chi connectivity index (χ3v) is 3.21. The summed E-state index contributed by atoms with van der Waals surface area (Å²) in [7, 11) is 0. The second kappa shape index (κ2) is 5.52. The van der Waals surface area contributed by atoms with E-state index in [1.807, 2.05) is 13.8 Å². The molecule has 7 nitrogen and oxygen atoms in total. The first-order valence-electron chi connectivity index (χ1n) is 6.85. The van der Waals surface area contributed by atoms with Gasteiger partial charge < -0.3 is 16.4 Å². The van der Waals surface area contributed by atoms with Gasteiger partial charge in [-0.15, -0.1) is 0 Å². The van der Waals surface area contributed by atoms with Crippen LogP contribution in [-0.4, -0.2) is 34.1 Å². The normalized spacial score (nSPS) is 16.0. The van der Waals surface area contributed by atoms with Crippen LogP contribution in [0.25, 0.3) is 0 Å². The maximum atomic E-state index is 12.1. The van der Waals surface area contributed by atoms with Gasteiger partial charge in [-0.2, -0.15) is 5.10 Å². The zero-order valence-electron chi connectivity index (χ0n) is 12.0. The number of aromatic nitrogens is 2. The number of H-pyrrole nitrogens is 1. The van der Waals surface area contributed by atoms with Crippen molar-refractivity contribution in [3.05, 3.63) is 11.4 Å². The van der Waals surface area contributed by atoms with Gasteiger partial charge in [0.25, 0.3) is 5.91 Å². The van der Waals surface area contributed by atoms with E-state index >= 15 is 0 Å². The minimum atomic E-state index is -0.634.